The smallest absolute Gasteiger partial charge is 0.389 e. The number of benzene rings is 1. The van der Waals surface area contributed by atoms with Crippen molar-refractivity contribution in [3.63, 3.8) is 0 Å². The van der Waals surface area contributed by atoms with Crippen LogP contribution in [0.4, 0.5) is 29.5 Å². The Morgan fingerprint density at radius 3 is 2.81 bits per heavy atom. The van der Waals surface area contributed by atoms with Gasteiger partial charge in [0.15, 0.2) is 0 Å². The standard InChI is InChI=1S/C27H33F3N4O3/c1-17-3-4-22(32-26(36)34-8-5-19(16-34)14-27(28,29)30)13-23(17)21-11-24(20-6-9-37-10-7-20)33-25(12-21)31-15-18(2)35/h3-4,6,11-13,18-19,35H,5,7-10,14-16H2,1-2H3,(H,31,33)(H,32,36). The molecule has 2 aliphatic heterocycles. The van der Waals surface area contributed by atoms with Crippen LogP contribution in [-0.2, 0) is 4.74 Å². The summed E-state index contributed by atoms with van der Waals surface area (Å²) in [7, 11) is 0. The molecular formula is C27H33F3N4O3. The quantitative estimate of drug-likeness (QED) is 0.453. The topological polar surface area (TPSA) is 86.7 Å². The van der Waals surface area contributed by atoms with Gasteiger partial charge in [-0.2, -0.15) is 13.2 Å². The van der Waals surface area contributed by atoms with Crippen LogP contribution < -0.4 is 10.6 Å². The number of aromatic nitrogens is 1. The van der Waals surface area contributed by atoms with E-state index in [4.69, 9.17) is 9.72 Å². The molecule has 2 aliphatic rings. The number of alkyl halides is 3. The van der Waals surface area contributed by atoms with E-state index in [1.807, 2.05) is 37.3 Å². The Bertz CT molecular complexity index is 1150. The van der Waals surface area contributed by atoms with Gasteiger partial charge in [-0.3, -0.25) is 0 Å². The summed E-state index contributed by atoms with van der Waals surface area (Å²) < 4.78 is 43.7. The van der Waals surface area contributed by atoms with E-state index in [9.17, 15) is 23.1 Å². The summed E-state index contributed by atoms with van der Waals surface area (Å²) >= 11 is 0. The van der Waals surface area contributed by atoms with Crippen molar-refractivity contribution in [3.8, 4) is 11.1 Å². The number of halogens is 3. The van der Waals surface area contributed by atoms with Gasteiger partial charge in [-0.15, -0.1) is 0 Å². The maximum atomic E-state index is 12.8. The number of ether oxygens (including phenoxy) is 1. The molecule has 3 heterocycles. The first-order chi connectivity index (χ1) is 17.6. The number of aryl methyl sites for hydroxylation is 1. The van der Waals surface area contributed by atoms with Gasteiger partial charge in [0, 0.05) is 31.7 Å². The number of carbonyl (C=O) groups excluding carboxylic acids is 1. The lowest BCUT2D eigenvalue weighted by molar-refractivity contribution is -0.143. The molecule has 200 valence electrons. The molecule has 0 saturated carbocycles. The zero-order chi connectivity index (χ0) is 26.6. The predicted octanol–water partition coefficient (Wildman–Crippen LogP) is 5.46. The van der Waals surface area contributed by atoms with Crippen molar-refractivity contribution in [2.45, 2.75) is 45.4 Å². The maximum Gasteiger partial charge on any atom is 0.389 e. The van der Waals surface area contributed by atoms with Crippen LogP contribution in [0.25, 0.3) is 16.7 Å². The fourth-order valence-corrected chi connectivity index (χ4v) is 4.68. The summed E-state index contributed by atoms with van der Waals surface area (Å²) in [6, 6.07) is 9.06. The van der Waals surface area contributed by atoms with Crippen molar-refractivity contribution in [2.75, 3.05) is 43.5 Å². The summed E-state index contributed by atoms with van der Waals surface area (Å²) in [6.45, 7) is 5.55. The summed E-state index contributed by atoms with van der Waals surface area (Å²) in [5, 5.41) is 15.8. The Balaban J connectivity index is 1.56. The summed E-state index contributed by atoms with van der Waals surface area (Å²) in [6.07, 6.45) is -2.54. The Morgan fingerprint density at radius 2 is 2.11 bits per heavy atom. The van der Waals surface area contributed by atoms with Gasteiger partial charge in [-0.25, -0.2) is 9.78 Å². The van der Waals surface area contributed by atoms with Crippen LogP contribution in [0.5, 0.6) is 0 Å². The lowest BCUT2D eigenvalue weighted by atomic mass is 9.97. The fourth-order valence-electron chi connectivity index (χ4n) is 4.68. The number of aliphatic hydroxyl groups is 1. The minimum atomic E-state index is -4.23. The van der Waals surface area contributed by atoms with Crippen LogP contribution in [0.1, 0.15) is 37.4 Å². The Labute approximate surface area is 214 Å². The molecule has 7 nitrogen and oxygen atoms in total. The van der Waals surface area contributed by atoms with Gasteiger partial charge in [0.05, 0.1) is 25.0 Å². The molecule has 37 heavy (non-hydrogen) atoms. The lowest BCUT2D eigenvalue weighted by Crippen LogP contribution is -2.33. The van der Waals surface area contributed by atoms with Crippen LogP contribution in [0.2, 0.25) is 0 Å². The van der Waals surface area contributed by atoms with Crippen LogP contribution in [0, 0.1) is 12.8 Å². The number of nitrogens with one attached hydrogen (secondary N) is 2. The van der Waals surface area contributed by atoms with Crippen molar-refractivity contribution in [1.82, 2.24) is 9.88 Å². The van der Waals surface area contributed by atoms with Crippen molar-refractivity contribution in [1.29, 1.82) is 0 Å². The van der Waals surface area contributed by atoms with Gasteiger partial charge in [0.2, 0.25) is 0 Å². The number of pyridine rings is 1. The molecular weight excluding hydrogens is 485 g/mol. The molecule has 0 spiro atoms. The number of rotatable bonds is 7. The Kier molecular flexibility index (Phi) is 8.39. The number of urea groups is 1. The van der Waals surface area contributed by atoms with Gasteiger partial charge in [0.25, 0.3) is 0 Å². The highest BCUT2D eigenvalue weighted by Gasteiger charge is 2.36. The van der Waals surface area contributed by atoms with Crippen LogP contribution in [-0.4, -0.2) is 66.1 Å². The number of anilines is 2. The number of hydrogen-bond donors (Lipinski definition) is 3. The average molecular weight is 519 g/mol. The van der Waals surface area contributed by atoms with Gasteiger partial charge < -0.3 is 25.4 Å². The molecule has 1 saturated heterocycles. The monoisotopic (exact) mass is 518 g/mol. The van der Waals surface area contributed by atoms with E-state index in [2.05, 4.69) is 10.6 Å². The highest BCUT2D eigenvalue weighted by Crippen LogP contribution is 2.33. The third-order valence-corrected chi connectivity index (χ3v) is 6.59. The molecule has 0 bridgehead atoms. The second kappa shape index (κ2) is 11.5. The first kappa shape index (κ1) is 26.9. The number of likely N-dealkylation sites (tertiary alicyclic amines) is 1. The molecule has 1 fully saturated rings. The van der Waals surface area contributed by atoms with Crippen molar-refractivity contribution >= 4 is 23.1 Å². The average Bonchev–Trinajstić information content (AvgIpc) is 3.31. The zero-order valence-electron chi connectivity index (χ0n) is 21.1. The minimum absolute atomic E-state index is 0.0922. The Hall–Kier alpha value is -3.11. The fraction of sp³-hybridized carbons (Fsp3) is 0.481. The molecule has 1 aromatic carbocycles. The van der Waals surface area contributed by atoms with Crippen molar-refractivity contribution in [2.24, 2.45) is 5.92 Å². The van der Waals surface area contributed by atoms with Gasteiger partial charge >= 0.3 is 12.2 Å². The molecule has 2 unspecified atom stereocenters. The number of hydrogen-bond acceptors (Lipinski definition) is 5. The first-order valence-electron chi connectivity index (χ1n) is 12.5. The van der Waals surface area contributed by atoms with Crippen LogP contribution >= 0.6 is 0 Å². The zero-order valence-corrected chi connectivity index (χ0v) is 21.1. The van der Waals surface area contributed by atoms with E-state index >= 15 is 0 Å². The van der Waals surface area contributed by atoms with Crippen molar-refractivity contribution in [3.05, 3.63) is 47.7 Å². The minimum Gasteiger partial charge on any atom is -0.392 e. The summed E-state index contributed by atoms with van der Waals surface area (Å²) in [5.74, 6) is 0.0593. The molecule has 2 atom stereocenters. The van der Waals surface area contributed by atoms with Crippen LogP contribution in [0.3, 0.4) is 0 Å². The lowest BCUT2D eigenvalue weighted by Gasteiger charge is -2.19. The maximum absolute atomic E-state index is 12.8. The molecule has 10 heteroatoms. The van der Waals surface area contributed by atoms with E-state index in [0.29, 0.717) is 44.2 Å². The van der Waals surface area contributed by atoms with E-state index in [1.54, 1.807) is 13.0 Å². The second-order valence-corrected chi connectivity index (χ2v) is 9.79. The van der Waals surface area contributed by atoms with Gasteiger partial charge in [-0.05, 0) is 79.1 Å². The molecule has 4 rings (SSSR count). The highest BCUT2D eigenvalue weighted by molar-refractivity contribution is 5.91. The highest BCUT2D eigenvalue weighted by atomic mass is 19.4. The normalized spacial score (nSPS) is 18.9. The first-order valence-corrected chi connectivity index (χ1v) is 12.5. The van der Waals surface area contributed by atoms with E-state index in [-0.39, 0.29) is 6.54 Å². The molecule has 3 N–H and O–H groups in total. The molecule has 2 aromatic rings. The van der Waals surface area contributed by atoms with E-state index in [0.717, 1.165) is 34.4 Å². The van der Waals surface area contributed by atoms with Gasteiger partial charge in [-0.1, -0.05) is 12.1 Å². The molecule has 0 radical (unpaired) electrons. The van der Waals surface area contributed by atoms with Gasteiger partial charge in [0.1, 0.15) is 5.82 Å². The molecule has 2 amide bonds. The molecule has 1 aromatic heterocycles. The second-order valence-electron chi connectivity index (χ2n) is 9.79. The van der Waals surface area contributed by atoms with E-state index < -0.39 is 30.7 Å². The third kappa shape index (κ3) is 7.45. The van der Waals surface area contributed by atoms with E-state index in [1.165, 1.54) is 4.90 Å². The number of nitrogens with zero attached hydrogens (tertiary/aromatic N) is 2. The molecule has 0 aliphatic carbocycles. The third-order valence-electron chi connectivity index (χ3n) is 6.59. The van der Waals surface area contributed by atoms with Crippen molar-refractivity contribution < 1.29 is 27.8 Å². The Morgan fingerprint density at radius 1 is 1.30 bits per heavy atom. The van der Waals surface area contributed by atoms with Crippen LogP contribution in [0.15, 0.2) is 36.4 Å². The number of amides is 2. The predicted molar refractivity (Wildman–Crippen MR) is 137 cm³/mol. The number of aliphatic hydroxyl groups excluding tert-OH is 1. The largest absolute Gasteiger partial charge is 0.392 e. The SMILES string of the molecule is Cc1ccc(NC(=O)N2CCC(CC(F)(F)F)C2)cc1-c1cc(NCC(C)O)nc(C2=CCOCC2)c1. The summed E-state index contributed by atoms with van der Waals surface area (Å²) in [4.78, 5) is 19.0. The summed E-state index contributed by atoms with van der Waals surface area (Å²) in [5.41, 5.74) is 5.24. The number of carbonyl (C=O) groups is 1.